The minimum absolute atomic E-state index is 0.00192. The first-order chi connectivity index (χ1) is 11.8. The molecule has 0 aliphatic rings. The monoisotopic (exact) mass is 402 g/mol. The number of amides is 1. The Hall–Kier alpha value is -1.80. The van der Waals surface area contributed by atoms with Gasteiger partial charge in [0.05, 0.1) is 28.0 Å². The average molecular weight is 403 g/mol. The molecule has 6 nitrogen and oxygen atoms in total. The van der Waals surface area contributed by atoms with Gasteiger partial charge in [-0.2, -0.15) is 0 Å². The fraction of sp³-hybridized carbons (Fsp3) is 0.188. The maximum atomic E-state index is 12.4. The Labute approximate surface area is 156 Å². The fourth-order valence-electron chi connectivity index (χ4n) is 1.92. The van der Waals surface area contributed by atoms with E-state index in [0.29, 0.717) is 12.3 Å². The zero-order valence-corrected chi connectivity index (χ0v) is 15.6. The van der Waals surface area contributed by atoms with Crippen LogP contribution < -0.4 is 10.2 Å². The first-order valence-electron chi connectivity index (χ1n) is 7.29. The lowest BCUT2D eigenvalue weighted by molar-refractivity contribution is -0.132. The predicted octanol–water partition coefficient (Wildman–Crippen LogP) is 3.40. The van der Waals surface area contributed by atoms with Crippen LogP contribution in [0.3, 0.4) is 0 Å². The van der Waals surface area contributed by atoms with Gasteiger partial charge in [0.1, 0.15) is 0 Å². The van der Waals surface area contributed by atoms with Crippen molar-refractivity contribution in [3.8, 4) is 0 Å². The molecule has 2 N–H and O–H groups in total. The Morgan fingerprint density at radius 2 is 1.76 bits per heavy atom. The molecule has 0 heterocycles. The highest BCUT2D eigenvalue weighted by Crippen LogP contribution is 2.26. The number of nitrogens with one attached hydrogen (secondary N) is 2. The largest absolute Gasteiger partial charge is 0.280 e. The molecule has 0 spiro atoms. The summed E-state index contributed by atoms with van der Waals surface area (Å²) in [6.07, 6.45) is 0.125. The molecule has 9 heteroatoms. The Kier molecular flexibility index (Phi) is 6.66. The number of hydroxylamine groups is 1. The van der Waals surface area contributed by atoms with E-state index in [2.05, 4.69) is 10.2 Å². The number of anilines is 1. The summed E-state index contributed by atoms with van der Waals surface area (Å²) in [6, 6.07) is 10.5. The second kappa shape index (κ2) is 8.53. The van der Waals surface area contributed by atoms with Gasteiger partial charge in [0.15, 0.2) is 0 Å². The quantitative estimate of drug-likeness (QED) is 0.694. The second-order valence-corrected chi connectivity index (χ2v) is 7.51. The number of carbonyl (C=O) groups is 1. The van der Waals surface area contributed by atoms with E-state index in [1.54, 1.807) is 31.2 Å². The minimum atomic E-state index is -3.79. The van der Waals surface area contributed by atoms with Gasteiger partial charge in [-0.3, -0.25) is 14.4 Å². The highest BCUT2D eigenvalue weighted by molar-refractivity contribution is 7.92. The predicted molar refractivity (Wildman–Crippen MR) is 97.2 cm³/mol. The van der Waals surface area contributed by atoms with Crippen molar-refractivity contribution >= 4 is 44.8 Å². The van der Waals surface area contributed by atoms with Crippen molar-refractivity contribution in [3.63, 3.8) is 0 Å². The first-order valence-corrected chi connectivity index (χ1v) is 9.53. The summed E-state index contributed by atoms with van der Waals surface area (Å²) in [7, 11) is -3.79. The minimum Gasteiger partial charge on any atom is -0.280 e. The topological polar surface area (TPSA) is 84.5 Å². The van der Waals surface area contributed by atoms with E-state index in [1.165, 1.54) is 18.2 Å². The van der Waals surface area contributed by atoms with Gasteiger partial charge in [0.25, 0.3) is 10.0 Å². The lowest BCUT2D eigenvalue weighted by Crippen LogP contribution is -2.25. The van der Waals surface area contributed by atoms with Crippen LogP contribution in [0.25, 0.3) is 0 Å². The third kappa shape index (κ3) is 5.61. The highest BCUT2D eigenvalue weighted by atomic mass is 35.5. The molecular formula is C16H16Cl2N2O4S. The van der Waals surface area contributed by atoms with Crippen molar-refractivity contribution in [1.29, 1.82) is 0 Å². The van der Waals surface area contributed by atoms with Gasteiger partial charge in [-0.25, -0.2) is 13.9 Å². The molecule has 0 saturated carbocycles. The van der Waals surface area contributed by atoms with Gasteiger partial charge in [-0.05, 0) is 42.8 Å². The average Bonchev–Trinajstić information content (AvgIpc) is 2.57. The van der Waals surface area contributed by atoms with Crippen LogP contribution in [0.15, 0.2) is 47.4 Å². The maximum absolute atomic E-state index is 12.4. The zero-order valence-electron chi connectivity index (χ0n) is 13.3. The molecule has 0 aromatic heterocycles. The number of benzene rings is 2. The van der Waals surface area contributed by atoms with Gasteiger partial charge in [-0.1, -0.05) is 35.3 Å². The Morgan fingerprint density at radius 1 is 1.08 bits per heavy atom. The summed E-state index contributed by atoms with van der Waals surface area (Å²) < 4.78 is 27.1. The zero-order chi connectivity index (χ0) is 18.4. The SMILES string of the molecule is CCONC(=O)Cc1ccc(NS(=O)(=O)c2ccc(Cl)c(Cl)c2)cc1. The number of halogens is 2. The summed E-state index contributed by atoms with van der Waals surface area (Å²) in [4.78, 5) is 16.4. The summed E-state index contributed by atoms with van der Waals surface area (Å²) in [6.45, 7) is 2.14. The van der Waals surface area contributed by atoms with E-state index < -0.39 is 10.0 Å². The van der Waals surface area contributed by atoms with Crippen molar-refractivity contribution < 1.29 is 18.0 Å². The van der Waals surface area contributed by atoms with Crippen LogP contribution in [0.1, 0.15) is 12.5 Å². The van der Waals surface area contributed by atoms with Crippen LogP contribution in [0.4, 0.5) is 5.69 Å². The molecule has 0 aliphatic heterocycles. The molecule has 2 aromatic rings. The van der Waals surface area contributed by atoms with Gasteiger partial charge in [0.2, 0.25) is 5.91 Å². The van der Waals surface area contributed by atoms with Crippen LogP contribution in [0, 0.1) is 0 Å². The van der Waals surface area contributed by atoms with Gasteiger partial charge < -0.3 is 0 Å². The molecule has 0 unspecified atom stereocenters. The van der Waals surface area contributed by atoms with E-state index in [9.17, 15) is 13.2 Å². The van der Waals surface area contributed by atoms with Crippen molar-refractivity contribution in [2.24, 2.45) is 0 Å². The van der Waals surface area contributed by atoms with Crippen LogP contribution in [0.2, 0.25) is 10.0 Å². The normalized spacial score (nSPS) is 11.2. The van der Waals surface area contributed by atoms with E-state index >= 15 is 0 Å². The molecule has 0 aliphatic carbocycles. The molecule has 0 saturated heterocycles. The summed E-state index contributed by atoms with van der Waals surface area (Å²) in [5.41, 5.74) is 3.37. The highest BCUT2D eigenvalue weighted by Gasteiger charge is 2.15. The number of hydrogen-bond acceptors (Lipinski definition) is 4. The number of rotatable bonds is 7. The molecule has 0 atom stereocenters. The fourth-order valence-corrected chi connectivity index (χ4v) is 3.37. The lowest BCUT2D eigenvalue weighted by atomic mass is 10.1. The standard InChI is InChI=1S/C16H16Cl2N2O4S/c1-2-24-19-16(21)9-11-3-5-12(6-4-11)20-25(22,23)13-7-8-14(17)15(18)10-13/h3-8,10,20H,2,9H2,1H3,(H,19,21). The van der Waals surface area contributed by atoms with E-state index in [-0.39, 0.29) is 27.3 Å². The van der Waals surface area contributed by atoms with Gasteiger partial charge in [-0.15, -0.1) is 0 Å². The van der Waals surface area contributed by atoms with Gasteiger partial charge >= 0.3 is 0 Å². The number of carbonyl (C=O) groups excluding carboxylic acids is 1. The molecule has 2 aromatic carbocycles. The van der Waals surface area contributed by atoms with E-state index in [0.717, 1.165) is 5.56 Å². The van der Waals surface area contributed by atoms with Crippen molar-refractivity contribution in [1.82, 2.24) is 5.48 Å². The van der Waals surface area contributed by atoms with Crippen molar-refractivity contribution in [2.45, 2.75) is 18.2 Å². The van der Waals surface area contributed by atoms with E-state index in [4.69, 9.17) is 28.0 Å². The molecule has 0 radical (unpaired) electrons. The summed E-state index contributed by atoms with van der Waals surface area (Å²) in [5.74, 6) is -0.286. The van der Waals surface area contributed by atoms with Crippen LogP contribution >= 0.6 is 23.2 Å². The molecule has 0 bridgehead atoms. The number of hydrogen-bond donors (Lipinski definition) is 2. The Balaban J connectivity index is 2.07. The van der Waals surface area contributed by atoms with Gasteiger partial charge in [0, 0.05) is 5.69 Å². The summed E-state index contributed by atoms with van der Waals surface area (Å²) >= 11 is 11.6. The third-order valence-electron chi connectivity index (χ3n) is 3.10. The second-order valence-electron chi connectivity index (χ2n) is 5.01. The lowest BCUT2D eigenvalue weighted by Gasteiger charge is -2.10. The smallest absolute Gasteiger partial charge is 0.261 e. The van der Waals surface area contributed by atoms with E-state index in [1.807, 2.05) is 0 Å². The Bertz CT molecular complexity index is 855. The third-order valence-corrected chi connectivity index (χ3v) is 5.22. The molecule has 1 amide bonds. The van der Waals surface area contributed by atoms with Crippen molar-refractivity contribution in [3.05, 3.63) is 58.1 Å². The molecule has 0 fully saturated rings. The van der Waals surface area contributed by atoms with Crippen molar-refractivity contribution in [2.75, 3.05) is 11.3 Å². The Morgan fingerprint density at radius 3 is 2.36 bits per heavy atom. The van der Waals surface area contributed by atoms with Crippen LogP contribution in [-0.2, 0) is 26.1 Å². The molecule has 25 heavy (non-hydrogen) atoms. The maximum Gasteiger partial charge on any atom is 0.261 e. The molecule has 2 rings (SSSR count). The van der Waals surface area contributed by atoms with Crippen LogP contribution in [0.5, 0.6) is 0 Å². The molecule has 134 valence electrons. The van der Waals surface area contributed by atoms with Crippen LogP contribution in [-0.4, -0.2) is 20.9 Å². The number of sulfonamides is 1. The molecular weight excluding hydrogens is 387 g/mol. The first kappa shape index (κ1) is 19.5. The summed E-state index contributed by atoms with van der Waals surface area (Å²) in [5, 5.41) is 0.426.